The molecule has 4 nitrogen and oxygen atoms in total. The Hall–Kier alpha value is -0.420. The monoisotopic (exact) mass is 194 g/mol. The predicted octanol–water partition coefficient (Wildman–Crippen LogP) is 0.246. The van der Waals surface area contributed by atoms with Crippen LogP contribution in [0.15, 0.2) is 0 Å². The molecule has 72 valence electrons. The molecule has 0 spiro atoms. The zero-order chi connectivity index (χ0) is 9.40. The van der Waals surface area contributed by atoms with Crippen molar-refractivity contribution in [3.63, 3.8) is 0 Å². The third-order valence-corrected chi connectivity index (χ3v) is 2.57. The first-order valence-electron chi connectivity index (χ1n) is 3.72. The highest BCUT2D eigenvalue weighted by molar-refractivity contribution is 7.85. The third kappa shape index (κ3) is 7.68. The molecule has 0 heterocycles. The van der Waals surface area contributed by atoms with Crippen LogP contribution in [-0.2, 0) is 20.3 Å². The first-order valence-corrected chi connectivity index (χ1v) is 5.21. The van der Waals surface area contributed by atoms with E-state index in [1.165, 1.54) is 0 Å². The molecule has 1 atom stereocenters. The average molecular weight is 194 g/mol. The van der Waals surface area contributed by atoms with Gasteiger partial charge in [0.15, 0.2) is 0 Å². The fourth-order valence-electron chi connectivity index (χ4n) is 0.719. The van der Waals surface area contributed by atoms with Crippen molar-refractivity contribution in [2.24, 2.45) is 0 Å². The molecule has 12 heavy (non-hydrogen) atoms. The Morgan fingerprint density at radius 2 is 2.17 bits per heavy atom. The van der Waals surface area contributed by atoms with Crippen molar-refractivity contribution in [1.29, 1.82) is 0 Å². The first-order chi connectivity index (χ1) is 5.66. The molecule has 0 saturated heterocycles. The van der Waals surface area contributed by atoms with E-state index < -0.39 is 16.8 Å². The second-order valence-corrected chi connectivity index (χ2v) is 3.96. The zero-order valence-corrected chi connectivity index (χ0v) is 7.93. The van der Waals surface area contributed by atoms with E-state index in [0.717, 1.165) is 12.8 Å². The van der Waals surface area contributed by atoms with E-state index in [0.29, 0.717) is 12.4 Å². The van der Waals surface area contributed by atoms with Gasteiger partial charge in [0.2, 0.25) is 0 Å². The molecule has 0 rings (SSSR count). The molecule has 0 aromatic rings. The smallest absolute Gasteiger partial charge is 0.316 e. The summed E-state index contributed by atoms with van der Waals surface area (Å²) in [7, 11) is 0.397. The minimum atomic E-state index is -1.21. The van der Waals surface area contributed by atoms with Gasteiger partial charge in [-0.2, -0.15) is 0 Å². The Morgan fingerprint density at radius 3 is 2.67 bits per heavy atom. The molecule has 0 aromatic heterocycles. The van der Waals surface area contributed by atoms with Gasteiger partial charge in [0, 0.05) is 30.3 Å². The number of hydrogen-bond acceptors (Lipinski definition) is 3. The quantitative estimate of drug-likeness (QED) is 0.590. The van der Waals surface area contributed by atoms with Gasteiger partial charge in [0.25, 0.3) is 0 Å². The largest absolute Gasteiger partial charge is 0.481 e. The Morgan fingerprint density at radius 1 is 1.50 bits per heavy atom. The Bertz CT molecular complexity index is 157. The van der Waals surface area contributed by atoms with Gasteiger partial charge in [-0.05, 0) is 12.8 Å². The number of rotatable bonds is 7. The molecule has 0 aliphatic rings. The van der Waals surface area contributed by atoms with Gasteiger partial charge in [0.05, 0.1) is 0 Å². The van der Waals surface area contributed by atoms with Crippen LogP contribution in [0.2, 0.25) is 0 Å². The number of carbonyl (C=O) groups is 1. The Balaban J connectivity index is 3.26. The third-order valence-electron chi connectivity index (χ3n) is 1.25. The standard InChI is InChI=1S/C7H14O4S/c1-11-4-2-3-5-12(10)6-7(8)9/h2-6H2,1H3,(H,8,9). The van der Waals surface area contributed by atoms with Crippen molar-refractivity contribution in [2.75, 3.05) is 25.2 Å². The number of carboxylic acids is 1. The maximum Gasteiger partial charge on any atom is 0.316 e. The lowest BCUT2D eigenvalue weighted by Crippen LogP contribution is -2.12. The van der Waals surface area contributed by atoms with Crippen LogP contribution in [0.3, 0.4) is 0 Å². The maximum atomic E-state index is 10.9. The van der Waals surface area contributed by atoms with Crippen molar-refractivity contribution < 1.29 is 18.8 Å². The van der Waals surface area contributed by atoms with Gasteiger partial charge < -0.3 is 9.84 Å². The van der Waals surface area contributed by atoms with E-state index in [1.54, 1.807) is 7.11 Å². The first kappa shape index (κ1) is 11.6. The van der Waals surface area contributed by atoms with Gasteiger partial charge in [-0.3, -0.25) is 9.00 Å². The van der Waals surface area contributed by atoms with Crippen molar-refractivity contribution in [3.05, 3.63) is 0 Å². The zero-order valence-electron chi connectivity index (χ0n) is 7.12. The van der Waals surface area contributed by atoms with Crippen molar-refractivity contribution in [2.45, 2.75) is 12.8 Å². The molecule has 0 saturated carbocycles. The molecular formula is C7H14O4S. The summed E-state index contributed by atoms with van der Waals surface area (Å²) in [6, 6.07) is 0. The number of unbranched alkanes of at least 4 members (excludes halogenated alkanes) is 1. The van der Waals surface area contributed by atoms with Crippen LogP contribution in [-0.4, -0.2) is 40.5 Å². The molecule has 1 unspecified atom stereocenters. The number of methoxy groups -OCH3 is 1. The van der Waals surface area contributed by atoms with Crippen LogP contribution >= 0.6 is 0 Å². The number of carboxylic acid groups (broad SMARTS) is 1. The van der Waals surface area contributed by atoms with E-state index in [2.05, 4.69) is 0 Å². The highest BCUT2D eigenvalue weighted by atomic mass is 32.2. The van der Waals surface area contributed by atoms with E-state index in [-0.39, 0.29) is 5.75 Å². The second kappa shape index (κ2) is 7.24. The maximum absolute atomic E-state index is 10.9. The summed E-state index contributed by atoms with van der Waals surface area (Å²) in [4.78, 5) is 10.1. The fraction of sp³-hybridized carbons (Fsp3) is 0.857. The molecule has 0 aromatic carbocycles. The van der Waals surface area contributed by atoms with Crippen LogP contribution in [0, 0.1) is 0 Å². The summed E-state index contributed by atoms with van der Waals surface area (Å²) in [6.07, 6.45) is 1.59. The molecule has 0 aliphatic heterocycles. The molecule has 1 N–H and O–H groups in total. The summed E-state index contributed by atoms with van der Waals surface area (Å²) in [5.74, 6) is -0.789. The topological polar surface area (TPSA) is 63.6 Å². The molecule has 0 bridgehead atoms. The summed E-state index contributed by atoms with van der Waals surface area (Å²) in [5.41, 5.74) is 0. The lowest BCUT2D eigenvalue weighted by molar-refractivity contribution is -0.133. The lowest BCUT2D eigenvalue weighted by Gasteiger charge is -1.98. The van der Waals surface area contributed by atoms with Crippen LogP contribution in [0.1, 0.15) is 12.8 Å². The van der Waals surface area contributed by atoms with Gasteiger partial charge in [0.1, 0.15) is 5.75 Å². The Kier molecular flexibility index (Phi) is 6.99. The number of ether oxygens (including phenoxy) is 1. The summed E-state index contributed by atoms with van der Waals surface area (Å²) >= 11 is 0. The molecule has 5 heteroatoms. The highest BCUT2D eigenvalue weighted by Crippen LogP contribution is 1.93. The van der Waals surface area contributed by atoms with E-state index in [4.69, 9.17) is 9.84 Å². The predicted molar refractivity (Wildman–Crippen MR) is 46.6 cm³/mol. The molecule has 0 radical (unpaired) electrons. The van der Waals surface area contributed by atoms with Crippen LogP contribution in [0.25, 0.3) is 0 Å². The number of aliphatic carboxylic acids is 1. The van der Waals surface area contributed by atoms with Crippen molar-refractivity contribution in [3.8, 4) is 0 Å². The van der Waals surface area contributed by atoms with Crippen LogP contribution in [0.4, 0.5) is 0 Å². The minimum absolute atomic E-state index is 0.243. The van der Waals surface area contributed by atoms with Crippen molar-refractivity contribution >= 4 is 16.8 Å². The summed E-state index contributed by atoms with van der Waals surface area (Å²) in [6.45, 7) is 0.643. The molecule has 0 fully saturated rings. The van der Waals surface area contributed by atoms with Gasteiger partial charge in [-0.1, -0.05) is 0 Å². The van der Waals surface area contributed by atoms with Crippen LogP contribution < -0.4 is 0 Å². The highest BCUT2D eigenvalue weighted by Gasteiger charge is 2.04. The summed E-state index contributed by atoms with van der Waals surface area (Å²) in [5, 5.41) is 8.27. The molecular weight excluding hydrogens is 180 g/mol. The van der Waals surface area contributed by atoms with E-state index >= 15 is 0 Å². The van der Waals surface area contributed by atoms with Crippen molar-refractivity contribution in [1.82, 2.24) is 0 Å². The molecule has 0 amide bonds. The van der Waals surface area contributed by atoms with E-state index in [1.807, 2.05) is 0 Å². The van der Waals surface area contributed by atoms with E-state index in [9.17, 15) is 9.00 Å². The van der Waals surface area contributed by atoms with Gasteiger partial charge >= 0.3 is 5.97 Å². The fourth-order valence-corrected chi connectivity index (χ4v) is 1.67. The van der Waals surface area contributed by atoms with Gasteiger partial charge in [-0.25, -0.2) is 0 Å². The van der Waals surface area contributed by atoms with Crippen LogP contribution in [0.5, 0.6) is 0 Å². The SMILES string of the molecule is COCCCCS(=O)CC(=O)O. The molecule has 0 aliphatic carbocycles. The lowest BCUT2D eigenvalue weighted by atomic mass is 10.4. The second-order valence-electron chi connectivity index (χ2n) is 2.38. The number of hydrogen-bond donors (Lipinski definition) is 1. The normalized spacial score (nSPS) is 12.8. The summed E-state index contributed by atoms with van der Waals surface area (Å²) < 4.78 is 15.7. The average Bonchev–Trinajstić information content (AvgIpc) is 1.97. The van der Waals surface area contributed by atoms with Gasteiger partial charge in [-0.15, -0.1) is 0 Å². The minimum Gasteiger partial charge on any atom is -0.481 e. The Labute approximate surface area is 74.4 Å².